The van der Waals surface area contributed by atoms with Gasteiger partial charge in [-0.3, -0.25) is 14.4 Å². The molecule has 5 rings (SSSR count). The molecular formula is C25H25N3O4S. The minimum absolute atomic E-state index is 0.0990. The monoisotopic (exact) mass is 463 g/mol. The predicted molar refractivity (Wildman–Crippen MR) is 127 cm³/mol. The van der Waals surface area contributed by atoms with Gasteiger partial charge in [0.25, 0.3) is 11.8 Å². The van der Waals surface area contributed by atoms with Crippen molar-refractivity contribution in [3.05, 3.63) is 65.0 Å². The van der Waals surface area contributed by atoms with Crippen molar-refractivity contribution in [1.82, 2.24) is 4.90 Å². The molecule has 0 unspecified atom stereocenters. The Labute approximate surface area is 195 Å². The quantitative estimate of drug-likeness (QED) is 0.630. The summed E-state index contributed by atoms with van der Waals surface area (Å²) in [7, 11) is 1.58. The second-order valence-electron chi connectivity index (χ2n) is 8.71. The Hall–Kier alpha value is -3.23. The number of amides is 3. The van der Waals surface area contributed by atoms with Gasteiger partial charge in [-0.1, -0.05) is 36.4 Å². The van der Waals surface area contributed by atoms with Crippen LogP contribution in [0.1, 0.15) is 28.1 Å². The van der Waals surface area contributed by atoms with E-state index < -0.39 is 23.3 Å². The number of para-hydroxylation sites is 1. The van der Waals surface area contributed by atoms with Crippen molar-refractivity contribution in [2.24, 2.45) is 11.7 Å². The van der Waals surface area contributed by atoms with Crippen molar-refractivity contribution in [3.63, 3.8) is 0 Å². The van der Waals surface area contributed by atoms with E-state index in [-0.39, 0.29) is 18.4 Å². The lowest BCUT2D eigenvalue weighted by molar-refractivity contribution is -0.129. The topological polar surface area (TPSA) is 92.9 Å². The smallest absolute Gasteiger partial charge is 0.264 e. The van der Waals surface area contributed by atoms with Crippen LogP contribution >= 0.6 is 11.3 Å². The van der Waals surface area contributed by atoms with Crippen LogP contribution in [-0.4, -0.2) is 55.0 Å². The number of anilines is 1. The minimum Gasteiger partial charge on any atom is -0.383 e. The molecule has 3 amide bonds. The molecule has 2 aromatic carbocycles. The number of thiophene rings is 1. The number of nitrogens with two attached hydrogens (primary N) is 1. The first-order valence-corrected chi connectivity index (χ1v) is 11.7. The van der Waals surface area contributed by atoms with Crippen molar-refractivity contribution in [1.29, 1.82) is 0 Å². The summed E-state index contributed by atoms with van der Waals surface area (Å²) >= 11 is 1.39. The number of carbonyl (C=O) groups is 3. The second-order valence-corrected chi connectivity index (χ2v) is 9.79. The maximum Gasteiger partial charge on any atom is 0.264 e. The van der Waals surface area contributed by atoms with Gasteiger partial charge in [0.15, 0.2) is 0 Å². The summed E-state index contributed by atoms with van der Waals surface area (Å²) in [6.07, 6.45) is 0. The number of benzene rings is 2. The number of rotatable bonds is 5. The lowest BCUT2D eigenvalue weighted by Gasteiger charge is -2.46. The molecule has 170 valence electrons. The lowest BCUT2D eigenvalue weighted by atomic mass is 9.72. The van der Waals surface area contributed by atoms with Crippen molar-refractivity contribution < 1.29 is 19.1 Å². The van der Waals surface area contributed by atoms with E-state index in [1.54, 1.807) is 23.8 Å². The molecule has 8 heteroatoms. The SMILES string of the molecule is COCCN1C(=O)[C@]2(C)[C@H](c3ccccc31)[C@@H](C(N)=O)CN2C(=O)c1cc2ccccc2s1. The summed E-state index contributed by atoms with van der Waals surface area (Å²) in [5.74, 6) is -2.17. The molecule has 3 aromatic rings. The van der Waals surface area contributed by atoms with Gasteiger partial charge in [0.05, 0.1) is 17.4 Å². The number of nitrogens with zero attached hydrogens (tertiary/aromatic N) is 2. The van der Waals surface area contributed by atoms with Gasteiger partial charge in [0.2, 0.25) is 5.91 Å². The zero-order chi connectivity index (χ0) is 23.3. The normalized spacial score (nSPS) is 24.1. The molecule has 1 aromatic heterocycles. The van der Waals surface area contributed by atoms with E-state index in [0.717, 1.165) is 21.3 Å². The Balaban J connectivity index is 1.65. The first kappa shape index (κ1) is 21.6. The fraction of sp³-hybridized carbons (Fsp3) is 0.320. The molecule has 3 heterocycles. The van der Waals surface area contributed by atoms with E-state index >= 15 is 0 Å². The summed E-state index contributed by atoms with van der Waals surface area (Å²) in [5, 5.41) is 0.972. The van der Waals surface area contributed by atoms with Crippen molar-refractivity contribution in [2.45, 2.75) is 18.4 Å². The summed E-state index contributed by atoms with van der Waals surface area (Å²) < 4.78 is 6.24. The third-order valence-corrected chi connectivity index (χ3v) is 8.06. The molecule has 0 spiro atoms. The Morgan fingerprint density at radius 3 is 2.64 bits per heavy atom. The molecule has 2 aliphatic heterocycles. The first-order chi connectivity index (χ1) is 15.9. The highest BCUT2D eigenvalue weighted by molar-refractivity contribution is 7.20. The Morgan fingerprint density at radius 1 is 1.18 bits per heavy atom. The number of ether oxygens (including phenoxy) is 1. The molecule has 7 nitrogen and oxygen atoms in total. The van der Waals surface area contributed by atoms with Gasteiger partial charge in [-0.15, -0.1) is 11.3 Å². The average Bonchev–Trinajstić information content (AvgIpc) is 3.39. The highest BCUT2D eigenvalue weighted by atomic mass is 32.1. The van der Waals surface area contributed by atoms with Gasteiger partial charge in [-0.05, 0) is 36.1 Å². The molecule has 2 N–H and O–H groups in total. The third kappa shape index (κ3) is 3.16. The van der Waals surface area contributed by atoms with Gasteiger partial charge < -0.3 is 20.3 Å². The number of likely N-dealkylation sites (tertiary alicyclic amines) is 1. The van der Waals surface area contributed by atoms with Gasteiger partial charge in [0.1, 0.15) is 5.54 Å². The summed E-state index contributed by atoms with van der Waals surface area (Å²) in [6.45, 7) is 2.57. The van der Waals surface area contributed by atoms with Crippen LogP contribution in [0.25, 0.3) is 10.1 Å². The van der Waals surface area contributed by atoms with E-state index in [9.17, 15) is 14.4 Å². The molecule has 0 aliphatic carbocycles. The fourth-order valence-electron chi connectivity index (χ4n) is 5.37. The largest absolute Gasteiger partial charge is 0.383 e. The van der Waals surface area contributed by atoms with Crippen molar-refractivity contribution in [3.8, 4) is 0 Å². The Morgan fingerprint density at radius 2 is 1.91 bits per heavy atom. The van der Waals surface area contributed by atoms with Crippen LogP contribution in [0.5, 0.6) is 0 Å². The van der Waals surface area contributed by atoms with Crippen LogP contribution in [0.15, 0.2) is 54.6 Å². The van der Waals surface area contributed by atoms with Crippen LogP contribution in [0, 0.1) is 5.92 Å². The maximum absolute atomic E-state index is 14.0. The molecule has 1 fully saturated rings. The number of hydrogen-bond acceptors (Lipinski definition) is 5. The number of fused-ring (bicyclic) bond motifs is 4. The van der Waals surface area contributed by atoms with Crippen LogP contribution < -0.4 is 10.6 Å². The highest BCUT2D eigenvalue weighted by Gasteiger charge is 2.63. The molecular weight excluding hydrogens is 438 g/mol. The standard InChI is InChI=1S/C25H25N3O4S/c1-25-21(16-8-4-5-9-18(16)27(24(25)31)11-12-32-2)17(22(26)29)14-28(25)23(30)20-13-15-7-3-6-10-19(15)33-20/h3-10,13,17,21H,11-12,14H2,1-2H3,(H2,26,29)/t17-,21+,25-/m0/s1. The number of methoxy groups -OCH3 is 1. The first-order valence-electron chi connectivity index (χ1n) is 10.9. The fourth-order valence-corrected chi connectivity index (χ4v) is 6.38. The van der Waals surface area contributed by atoms with Gasteiger partial charge >= 0.3 is 0 Å². The molecule has 2 aliphatic rings. The maximum atomic E-state index is 14.0. The van der Waals surface area contributed by atoms with Gasteiger partial charge in [-0.25, -0.2) is 0 Å². The number of hydrogen-bond donors (Lipinski definition) is 1. The van der Waals surface area contributed by atoms with E-state index in [0.29, 0.717) is 18.0 Å². The number of carbonyl (C=O) groups excluding carboxylic acids is 3. The molecule has 0 bridgehead atoms. The molecule has 1 saturated heterocycles. The molecule has 0 saturated carbocycles. The van der Waals surface area contributed by atoms with Gasteiger partial charge in [-0.2, -0.15) is 0 Å². The predicted octanol–water partition coefficient (Wildman–Crippen LogP) is 2.99. The van der Waals surface area contributed by atoms with Crippen molar-refractivity contribution >= 4 is 44.8 Å². The Bertz CT molecular complexity index is 1240. The average molecular weight is 464 g/mol. The zero-order valence-corrected chi connectivity index (χ0v) is 19.3. The Kier molecular flexibility index (Phi) is 5.22. The second kappa shape index (κ2) is 7.97. The van der Waals surface area contributed by atoms with E-state index in [2.05, 4.69) is 0 Å². The molecule has 3 atom stereocenters. The molecule has 0 radical (unpaired) electrons. The lowest BCUT2D eigenvalue weighted by Crippen LogP contribution is -2.62. The van der Waals surface area contributed by atoms with E-state index in [1.165, 1.54) is 11.3 Å². The zero-order valence-electron chi connectivity index (χ0n) is 18.5. The minimum atomic E-state index is -1.24. The third-order valence-electron chi connectivity index (χ3n) is 6.95. The van der Waals surface area contributed by atoms with E-state index in [4.69, 9.17) is 10.5 Å². The highest BCUT2D eigenvalue weighted by Crippen LogP contribution is 2.53. The van der Waals surface area contributed by atoms with Crippen molar-refractivity contribution in [2.75, 3.05) is 31.7 Å². The van der Waals surface area contributed by atoms with Crippen LogP contribution in [0.3, 0.4) is 0 Å². The van der Waals surface area contributed by atoms with Crippen LogP contribution in [0.4, 0.5) is 5.69 Å². The van der Waals surface area contributed by atoms with Crippen LogP contribution in [0.2, 0.25) is 0 Å². The number of primary amides is 1. The molecule has 33 heavy (non-hydrogen) atoms. The van der Waals surface area contributed by atoms with Crippen LogP contribution in [-0.2, 0) is 14.3 Å². The van der Waals surface area contributed by atoms with Gasteiger partial charge in [0, 0.05) is 36.5 Å². The summed E-state index contributed by atoms with van der Waals surface area (Å²) in [6, 6.07) is 17.2. The van der Waals surface area contributed by atoms with E-state index in [1.807, 2.05) is 54.6 Å². The summed E-state index contributed by atoms with van der Waals surface area (Å²) in [5.41, 5.74) is 6.18. The summed E-state index contributed by atoms with van der Waals surface area (Å²) in [4.78, 5) is 44.2.